The van der Waals surface area contributed by atoms with Crippen LogP contribution in [0, 0.1) is 87.3 Å². The first-order chi connectivity index (χ1) is 29.2. The molecule has 4 nitrogen and oxygen atoms in total. The van der Waals surface area contributed by atoms with Gasteiger partial charge in [0.2, 0.25) is 0 Å². The Morgan fingerprint density at radius 1 is 0.492 bits per heavy atom. The van der Waals surface area contributed by atoms with Crippen molar-refractivity contribution in [2.75, 3.05) is 0 Å². The fourth-order valence-corrected chi connectivity index (χ4v) is 17.7. The largest absolute Gasteiger partial charge is 0.299 e. The molecule has 15 atom stereocenters. The molecule has 0 N–H and O–H groups in total. The maximum Gasteiger partial charge on any atom is 0.164 e. The van der Waals surface area contributed by atoms with Crippen LogP contribution in [0.3, 0.4) is 0 Å². The van der Waals surface area contributed by atoms with Gasteiger partial charge in [0, 0.05) is 35.5 Å². The van der Waals surface area contributed by atoms with E-state index in [-0.39, 0.29) is 16.2 Å². The average molecular weight is 825 g/mol. The zero-order valence-corrected chi connectivity index (χ0v) is 38.5. The first-order valence-electron chi connectivity index (χ1n) is 25.5. The van der Waals surface area contributed by atoms with E-state index in [2.05, 4.69) is 65.5 Å². The highest BCUT2D eigenvalue weighted by Gasteiger charge is 2.59. The number of allylic oxidation sites excluding steroid dienone is 10. The minimum Gasteiger partial charge on any atom is -0.299 e. The monoisotopic (exact) mass is 825 g/mol. The predicted molar refractivity (Wildman–Crippen MR) is 244 cm³/mol. The number of Topliss-reactive ketones (excluding diaryl/α,β-unsaturated/α-hetero) is 3. The van der Waals surface area contributed by atoms with Crippen LogP contribution in [-0.4, -0.2) is 23.1 Å². The fraction of sp³-hybridized carbons (Fsp3) is 0.719. The Hall–Kier alpha value is -2.88. The third-order valence-electron chi connectivity index (χ3n) is 21.1. The molecular formula is C57H76O4. The number of ketones is 4. The first kappa shape index (κ1) is 42.1. The van der Waals surface area contributed by atoms with Crippen molar-refractivity contribution in [1.82, 2.24) is 0 Å². The average Bonchev–Trinajstić information content (AvgIpc) is 3.82. The molecule has 12 aliphatic rings. The van der Waals surface area contributed by atoms with Crippen LogP contribution in [0.2, 0.25) is 0 Å². The maximum absolute atomic E-state index is 12.5. The van der Waals surface area contributed by atoms with Crippen LogP contribution in [0.25, 0.3) is 0 Å². The lowest BCUT2D eigenvalue weighted by atomic mass is 9.52. The highest BCUT2D eigenvalue weighted by atomic mass is 16.1. The van der Waals surface area contributed by atoms with Gasteiger partial charge in [-0.2, -0.15) is 0 Å². The van der Waals surface area contributed by atoms with Crippen LogP contribution < -0.4 is 0 Å². The summed E-state index contributed by atoms with van der Waals surface area (Å²) in [5.74, 6) is 10.6. The summed E-state index contributed by atoms with van der Waals surface area (Å²) in [5.41, 5.74) is 8.61. The van der Waals surface area contributed by atoms with Crippen LogP contribution in [0.1, 0.15) is 169 Å². The van der Waals surface area contributed by atoms with Crippen molar-refractivity contribution in [3.63, 3.8) is 0 Å². The summed E-state index contributed by atoms with van der Waals surface area (Å²) in [6, 6.07) is 0. The Morgan fingerprint density at radius 2 is 0.984 bits per heavy atom. The molecular weight excluding hydrogens is 749 g/mol. The molecule has 0 aromatic heterocycles. The quantitative estimate of drug-likeness (QED) is 0.228. The van der Waals surface area contributed by atoms with Crippen molar-refractivity contribution >= 4 is 23.1 Å². The maximum atomic E-state index is 12.5. The Balaban J connectivity index is 0.000000110. The molecule has 0 heterocycles. The van der Waals surface area contributed by atoms with Gasteiger partial charge in [0.05, 0.1) is 0 Å². The van der Waals surface area contributed by atoms with Crippen LogP contribution in [0.4, 0.5) is 0 Å². The molecule has 61 heavy (non-hydrogen) atoms. The van der Waals surface area contributed by atoms with Crippen molar-refractivity contribution in [3.05, 3.63) is 70.4 Å². The Bertz CT molecular complexity index is 2050. The lowest BCUT2D eigenvalue weighted by Gasteiger charge is -2.52. The molecule has 0 radical (unpaired) electrons. The van der Waals surface area contributed by atoms with Gasteiger partial charge in [-0.05, 0) is 223 Å². The molecule has 0 bridgehead atoms. The molecule has 4 heteroatoms. The second-order valence-electron chi connectivity index (χ2n) is 23.8. The lowest BCUT2D eigenvalue weighted by molar-refractivity contribution is -0.131. The van der Waals surface area contributed by atoms with Crippen LogP contribution >= 0.6 is 0 Å². The predicted octanol–water partition coefficient (Wildman–Crippen LogP) is 13.2. The van der Waals surface area contributed by atoms with E-state index in [1.54, 1.807) is 22.3 Å². The minimum absolute atomic E-state index is 0.00707. The Kier molecular flexibility index (Phi) is 10.8. The molecule has 7 fully saturated rings. The van der Waals surface area contributed by atoms with Crippen molar-refractivity contribution in [2.24, 2.45) is 87.3 Å². The highest BCUT2D eigenvalue weighted by Crippen LogP contribution is 2.63. The van der Waals surface area contributed by atoms with Crippen molar-refractivity contribution in [3.8, 4) is 0 Å². The van der Waals surface area contributed by atoms with E-state index in [0.29, 0.717) is 52.7 Å². The van der Waals surface area contributed by atoms with Gasteiger partial charge < -0.3 is 0 Å². The number of carbonyl (C=O) groups is 4. The molecule has 0 saturated heterocycles. The summed E-state index contributed by atoms with van der Waals surface area (Å²) < 4.78 is 0. The molecule has 0 aromatic rings. The van der Waals surface area contributed by atoms with Gasteiger partial charge in [-0.25, -0.2) is 0 Å². The van der Waals surface area contributed by atoms with Crippen molar-refractivity contribution in [2.45, 2.75) is 169 Å². The summed E-state index contributed by atoms with van der Waals surface area (Å²) in [5, 5.41) is 0. The van der Waals surface area contributed by atoms with E-state index in [1.165, 1.54) is 76.2 Å². The summed E-state index contributed by atoms with van der Waals surface area (Å²) in [7, 11) is 0. The summed E-state index contributed by atoms with van der Waals surface area (Å²) in [6.07, 6.45) is 35.6. The molecule has 0 spiro atoms. The topological polar surface area (TPSA) is 68.3 Å². The van der Waals surface area contributed by atoms with E-state index in [9.17, 15) is 19.2 Å². The molecule has 0 amide bonds. The van der Waals surface area contributed by atoms with Gasteiger partial charge in [-0.3, -0.25) is 19.2 Å². The number of hydrogen-bond donors (Lipinski definition) is 0. The number of carbonyl (C=O) groups excluding carboxylic acids is 4. The van der Waals surface area contributed by atoms with Gasteiger partial charge in [0.15, 0.2) is 11.6 Å². The van der Waals surface area contributed by atoms with E-state index in [1.807, 2.05) is 6.08 Å². The fourth-order valence-electron chi connectivity index (χ4n) is 17.7. The zero-order chi connectivity index (χ0) is 42.6. The van der Waals surface area contributed by atoms with Gasteiger partial charge in [-0.1, -0.05) is 68.4 Å². The molecule has 0 aromatic carbocycles. The normalized spacial score (nSPS) is 46.6. The number of fused-ring (bicyclic) bond motifs is 15. The molecule has 12 rings (SSSR count). The van der Waals surface area contributed by atoms with Crippen molar-refractivity contribution < 1.29 is 19.2 Å². The zero-order valence-electron chi connectivity index (χ0n) is 38.5. The summed E-state index contributed by atoms with van der Waals surface area (Å²) in [4.78, 5) is 48.8. The Labute approximate surface area is 368 Å². The molecule has 7 saturated carbocycles. The first-order valence-corrected chi connectivity index (χ1v) is 25.5. The third-order valence-corrected chi connectivity index (χ3v) is 21.1. The number of hydrogen-bond acceptors (Lipinski definition) is 4. The summed E-state index contributed by atoms with van der Waals surface area (Å²) in [6.45, 7) is 15.3. The van der Waals surface area contributed by atoms with Crippen LogP contribution in [0.15, 0.2) is 70.4 Å². The smallest absolute Gasteiger partial charge is 0.164 e. The van der Waals surface area contributed by atoms with E-state index < -0.39 is 0 Å². The molecule has 0 aliphatic heterocycles. The van der Waals surface area contributed by atoms with Crippen LogP contribution in [0.5, 0.6) is 0 Å². The standard InChI is InChI=1S/C20H26O.C19H26O.C18H24O2/c1-12-4-6-15-14(10-12)5-7-17-16(15)8-9-20(3)18(17)11-13(2)19(20)21;1-12-3-5-14-13(11-12)4-6-16-15(14)9-10-19(2)17(16)7-8-18(19)20;1-18-9-8-14-13-5-3-12(19)10-11(13)2-4-15(14)16(18)6-7-17(18)20/h5,10,15-18H,2,4,6-9,11H2,1,3H3;4,11,14-17H,3,5-10H2,1-2H3;10,13-16H,2-9H2,1H3/t15-,16?,17+,18?,20-;14-,15?,16+,17?,19-;13-,14?,15+,16-,18-/m000/s1. The highest BCUT2D eigenvalue weighted by molar-refractivity contribution is 6.02. The van der Waals surface area contributed by atoms with E-state index in [0.717, 1.165) is 111 Å². The SMILES string of the molecule is C=C1CC2[C@@H]3CC=C4C=C(C)CC[C@@H]4C3CC[C@]2(C)C1=O.CC1=CC2=CC[C@@H]3C(CC[C@]4(C)C(=O)CCC34)[C@H]2CC1.C[C@]12CCC3[C@@H](CCC4=CC(=O)CC[C@@H]43)[C@@H]1CCC2=O. The van der Waals surface area contributed by atoms with E-state index >= 15 is 0 Å². The molecule has 5 unspecified atom stereocenters. The van der Waals surface area contributed by atoms with Gasteiger partial charge in [0.25, 0.3) is 0 Å². The van der Waals surface area contributed by atoms with Crippen LogP contribution in [-0.2, 0) is 19.2 Å². The van der Waals surface area contributed by atoms with Gasteiger partial charge in [0.1, 0.15) is 11.6 Å². The molecule has 328 valence electrons. The van der Waals surface area contributed by atoms with E-state index in [4.69, 9.17) is 0 Å². The summed E-state index contributed by atoms with van der Waals surface area (Å²) >= 11 is 0. The second kappa shape index (κ2) is 15.7. The number of rotatable bonds is 0. The minimum atomic E-state index is -0.0932. The van der Waals surface area contributed by atoms with Crippen molar-refractivity contribution in [1.29, 1.82) is 0 Å². The Morgan fingerprint density at radius 3 is 1.56 bits per heavy atom. The van der Waals surface area contributed by atoms with Gasteiger partial charge >= 0.3 is 0 Å². The third kappa shape index (κ3) is 6.85. The molecule has 12 aliphatic carbocycles. The second-order valence-corrected chi connectivity index (χ2v) is 23.8. The van der Waals surface area contributed by atoms with Gasteiger partial charge in [-0.15, -0.1) is 0 Å². The lowest BCUT2D eigenvalue weighted by Crippen LogP contribution is -2.46.